The number of ether oxygens (including phenoxy) is 7. The fourth-order valence-corrected chi connectivity index (χ4v) is 6.16. The van der Waals surface area contributed by atoms with E-state index in [1.54, 1.807) is 0 Å². The van der Waals surface area contributed by atoms with E-state index in [-0.39, 0.29) is 42.5 Å². The van der Waals surface area contributed by atoms with Gasteiger partial charge in [-0.1, -0.05) is 61.6 Å². The Bertz CT molecular complexity index is 1060. The molecule has 57 heavy (non-hydrogen) atoms. The molecule has 0 aromatic heterocycles. The molecule has 0 aromatic rings. The van der Waals surface area contributed by atoms with Crippen LogP contribution in [0.3, 0.4) is 0 Å². The van der Waals surface area contributed by atoms with E-state index in [0.29, 0.717) is 65.6 Å². The van der Waals surface area contributed by atoms with Crippen molar-refractivity contribution in [1.29, 1.82) is 0 Å². The summed E-state index contributed by atoms with van der Waals surface area (Å²) in [4.78, 5) is 49.6. The van der Waals surface area contributed by atoms with E-state index in [0.717, 1.165) is 51.4 Å². The third-order valence-corrected chi connectivity index (χ3v) is 9.43. The second-order valence-electron chi connectivity index (χ2n) is 16.5. The standard InChI is InChI=1S/C42H78N4O11/c1-11-42(31-53-14-4,32-56-38(49)45-29-40(7,8)27-34(5)19-21-43-36(47)54-25-17-15-23-51-12-2)33-57-39(50)46-30-41(9,10)28-35(6)20-22-44-37(48)55-26-18-16-24-52-13-3/h12-13,34-35H,2-3,11,14-33H2,1,4-10H3,(H,43,47)(H,44,48)(H,45,49)(H,46,50). The summed E-state index contributed by atoms with van der Waals surface area (Å²) in [5.41, 5.74) is -1.17. The van der Waals surface area contributed by atoms with E-state index in [4.69, 9.17) is 33.2 Å². The summed E-state index contributed by atoms with van der Waals surface area (Å²) in [6.45, 7) is 27.6. The third kappa shape index (κ3) is 29.9. The van der Waals surface area contributed by atoms with Crippen molar-refractivity contribution in [3.05, 3.63) is 25.7 Å². The highest BCUT2D eigenvalue weighted by Gasteiger charge is 2.33. The quantitative estimate of drug-likeness (QED) is 0.0280. The van der Waals surface area contributed by atoms with Gasteiger partial charge in [0.15, 0.2) is 0 Å². The minimum absolute atomic E-state index is 0.0130. The molecule has 4 N–H and O–H groups in total. The van der Waals surface area contributed by atoms with Crippen LogP contribution in [0.25, 0.3) is 0 Å². The molecule has 0 saturated heterocycles. The van der Waals surface area contributed by atoms with Crippen LogP contribution in [0, 0.1) is 28.1 Å². The number of rotatable bonds is 34. The van der Waals surface area contributed by atoms with E-state index in [9.17, 15) is 19.2 Å². The number of alkyl carbamates (subject to hydrolysis) is 4. The van der Waals surface area contributed by atoms with Crippen molar-refractivity contribution in [2.75, 3.05) is 79.0 Å². The maximum atomic E-state index is 12.8. The van der Waals surface area contributed by atoms with Gasteiger partial charge in [0, 0.05) is 32.8 Å². The lowest BCUT2D eigenvalue weighted by Gasteiger charge is -2.32. The molecule has 0 aliphatic rings. The van der Waals surface area contributed by atoms with Crippen LogP contribution in [0.2, 0.25) is 0 Å². The number of hydrogen-bond donors (Lipinski definition) is 4. The second-order valence-corrected chi connectivity index (χ2v) is 16.5. The number of hydrogen-bond acceptors (Lipinski definition) is 11. The maximum absolute atomic E-state index is 12.8. The van der Waals surface area contributed by atoms with Gasteiger partial charge >= 0.3 is 24.4 Å². The molecule has 0 spiro atoms. The van der Waals surface area contributed by atoms with Crippen molar-refractivity contribution in [2.24, 2.45) is 28.1 Å². The topological polar surface area (TPSA) is 181 Å². The Labute approximate surface area is 343 Å². The molecule has 0 heterocycles. The van der Waals surface area contributed by atoms with Crippen LogP contribution in [0.4, 0.5) is 19.2 Å². The first kappa shape index (κ1) is 53.1. The van der Waals surface area contributed by atoms with Gasteiger partial charge in [-0.3, -0.25) is 0 Å². The van der Waals surface area contributed by atoms with Gasteiger partial charge in [-0.25, -0.2) is 19.2 Å². The van der Waals surface area contributed by atoms with Crippen LogP contribution in [0.15, 0.2) is 25.7 Å². The number of unbranched alkanes of at least 4 members (excludes halogenated alkanes) is 2. The zero-order valence-corrected chi connectivity index (χ0v) is 36.6. The van der Waals surface area contributed by atoms with Crippen molar-refractivity contribution >= 4 is 24.4 Å². The molecule has 4 amide bonds. The van der Waals surface area contributed by atoms with Crippen molar-refractivity contribution < 1.29 is 52.3 Å². The Hall–Kier alpha value is -3.88. The van der Waals surface area contributed by atoms with Gasteiger partial charge in [-0.05, 0) is 87.4 Å². The highest BCUT2D eigenvalue weighted by Crippen LogP contribution is 2.28. The summed E-state index contributed by atoms with van der Waals surface area (Å²) in [6, 6.07) is 0. The SMILES string of the molecule is C=COCCCCOC(=O)NCCC(C)CC(C)(C)CNC(=O)OCC(CC)(COCC)COC(=O)NCC(C)(C)CC(C)CCNC(=O)OCCCCOC=C. The van der Waals surface area contributed by atoms with Gasteiger partial charge in [0.05, 0.1) is 51.0 Å². The summed E-state index contributed by atoms with van der Waals surface area (Å²) in [5.74, 6) is 0.573. The molecule has 0 saturated carbocycles. The van der Waals surface area contributed by atoms with Crippen LogP contribution < -0.4 is 21.3 Å². The van der Waals surface area contributed by atoms with Gasteiger partial charge in [-0.15, -0.1) is 0 Å². The Kier molecular flexibility index (Phi) is 29.0. The van der Waals surface area contributed by atoms with Gasteiger partial charge in [-0.2, -0.15) is 0 Å². The molecule has 0 aromatic carbocycles. The third-order valence-electron chi connectivity index (χ3n) is 9.43. The summed E-state index contributed by atoms with van der Waals surface area (Å²) in [6.07, 6.45) is 7.55. The highest BCUT2D eigenvalue weighted by molar-refractivity contribution is 5.68. The predicted molar refractivity (Wildman–Crippen MR) is 222 cm³/mol. The normalized spacial score (nSPS) is 13.5. The van der Waals surface area contributed by atoms with Crippen LogP contribution >= 0.6 is 0 Å². The average Bonchev–Trinajstić information content (AvgIpc) is 3.15. The van der Waals surface area contributed by atoms with Crippen molar-refractivity contribution in [2.45, 2.75) is 113 Å². The van der Waals surface area contributed by atoms with Gasteiger partial charge < -0.3 is 54.4 Å². The lowest BCUT2D eigenvalue weighted by molar-refractivity contribution is -0.0361. The van der Waals surface area contributed by atoms with E-state index in [2.05, 4.69) is 76.0 Å². The molecule has 332 valence electrons. The molecule has 0 aliphatic heterocycles. The number of nitrogens with one attached hydrogen (secondary N) is 4. The van der Waals surface area contributed by atoms with E-state index >= 15 is 0 Å². The van der Waals surface area contributed by atoms with E-state index < -0.39 is 29.8 Å². The first-order valence-corrected chi connectivity index (χ1v) is 20.7. The highest BCUT2D eigenvalue weighted by atomic mass is 16.6. The predicted octanol–water partition coefficient (Wildman–Crippen LogP) is 8.09. The van der Waals surface area contributed by atoms with Crippen LogP contribution in [-0.2, 0) is 33.2 Å². The van der Waals surface area contributed by atoms with Gasteiger partial charge in [0.2, 0.25) is 0 Å². The Balaban J connectivity index is 4.64. The first-order valence-electron chi connectivity index (χ1n) is 20.7. The lowest BCUT2D eigenvalue weighted by atomic mass is 9.82. The Morgan fingerprint density at radius 1 is 0.579 bits per heavy atom. The van der Waals surface area contributed by atoms with E-state index in [1.807, 2.05) is 13.8 Å². The molecule has 0 rings (SSSR count). The molecule has 0 fully saturated rings. The number of carbonyl (C=O) groups excluding carboxylic acids is 4. The Morgan fingerprint density at radius 2 is 0.965 bits per heavy atom. The number of amides is 4. The maximum Gasteiger partial charge on any atom is 0.407 e. The second kappa shape index (κ2) is 31.2. The van der Waals surface area contributed by atoms with Gasteiger partial charge in [0.25, 0.3) is 0 Å². The number of carbonyl (C=O) groups is 4. The summed E-state index contributed by atoms with van der Waals surface area (Å²) in [5, 5.41) is 11.4. The zero-order valence-electron chi connectivity index (χ0n) is 36.6. The minimum Gasteiger partial charge on any atom is -0.502 e. The fraction of sp³-hybridized carbons (Fsp3) is 0.810. The molecule has 15 nitrogen and oxygen atoms in total. The molecule has 0 aliphatic carbocycles. The van der Waals surface area contributed by atoms with Crippen molar-refractivity contribution in [3.63, 3.8) is 0 Å². The molecule has 2 atom stereocenters. The summed E-state index contributed by atoms with van der Waals surface area (Å²) < 4.78 is 37.6. The first-order chi connectivity index (χ1) is 27.0. The molecule has 2 unspecified atom stereocenters. The smallest absolute Gasteiger partial charge is 0.407 e. The molecule has 0 radical (unpaired) electrons. The van der Waals surface area contributed by atoms with E-state index in [1.165, 1.54) is 12.5 Å². The molecular formula is C42H78N4O11. The monoisotopic (exact) mass is 815 g/mol. The van der Waals surface area contributed by atoms with Gasteiger partial charge in [0.1, 0.15) is 13.2 Å². The largest absolute Gasteiger partial charge is 0.502 e. The molecular weight excluding hydrogens is 736 g/mol. The van der Waals surface area contributed by atoms with Crippen LogP contribution in [0.5, 0.6) is 0 Å². The minimum atomic E-state index is -0.721. The lowest BCUT2D eigenvalue weighted by Crippen LogP contribution is -2.43. The Morgan fingerprint density at radius 3 is 1.33 bits per heavy atom. The molecule has 15 heteroatoms. The summed E-state index contributed by atoms with van der Waals surface area (Å²) in [7, 11) is 0. The van der Waals surface area contributed by atoms with Crippen LogP contribution in [0.1, 0.15) is 113 Å². The average molecular weight is 815 g/mol. The zero-order chi connectivity index (χ0) is 43.0. The van der Waals surface area contributed by atoms with Crippen LogP contribution in [-0.4, -0.2) is 103 Å². The molecule has 0 bridgehead atoms. The van der Waals surface area contributed by atoms with Crippen molar-refractivity contribution in [1.82, 2.24) is 21.3 Å². The fourth-order valence-electron chi connectivity index (χ4n) is 6.16. The van der Waals surface area contributed by atoms with Crippen molar-refractivity contribution in [3.8, 4) is 0 Å². The summed E-state index contributed by atoms with van der Waals surface area (Å²) >= 11 is 0.